The van der Waals surface area contributed by atoms with Gasteiger partial charge in [0, 0.05) is 18.8 Å². The molecule has 0 unspecified atom stereocenters. The fourth-order valence-corrected chi connectivity index (χ4v) is 3.28. The van der Waals surface area contributed by atoms with E-state index in [1.807, 2.05) is 24.3 Å². The van der Waals surface area contributed by atoms with Gasteiger partial charge in [-0.2, -0.15) is 4.98 Å². The van der Waals surface area contributed by atoms with Crippen molar-refractivity contribution >= 4 is 11.6 Å². The van der Waals surface area contributed by atoms with Crippen LogP contribution < -0.4 is 5.32 Å². The van der Waals surface area contributed by atoms with E-state index in [0.29, 0.717) is 6.42 Å². The summed E-state index contributed by atoms with van der Waals surface area (Å²) in [4.78, 5) is 23.4. The van der Waals surface area contributed by atoms with Gasteiger partial charge in [-0.25, -0.2) is 9.97 Å². The van der Waals surface area contributed by atoms with Crippen molar-refractivity contribution in [3.05, 3.63) is 69.9 Å². The fourth-order valence-electron chi connectivity index (χ4n) is 3.28. The van der Waals surface area contributed by atoms with Crippen LogP contribution in [0.5, 0.6) is 0 Å². The number of fused-ring (bicyclic) bond motifs is 1. The van der Waals surface area contributed by atoms with E-state index in [-0.39, 0.29) is 29.2 Å². The van der Waals surface area contributed by atoms with E-state index in [1.165, 1.54) is 17.1 Å². The van der Waals surface area contributed by atoms with Crippen molar-refractivity contribution in [3.8, 4) is 5.82 Å². The number of nitrogens with zero attached hydrogens (tertiary/aromatic N) is 5. The Kier molecular flexibility index (Phi) is 3.85. The van der Waals surface area contributed by atoms with Gasteiger partial charge in [0.15, 0.2) is 0 Å². The summed E-state index contributed by atoms with van der Waals surface area (Å²) in [5.74, 6) is 0.348. The smallest absolute Gasteiger partial charge is 0.333 e. The second-order valence-corrected chi connectivity index (χ2v) is 6.12. The zero-order valence-corrected chi connectivity index (χ0v) is 13.9. The number of hydrogen-bond acceptors (Lipinski definition) is 7. The summed E-state index contributed by atoms with van der Waals surface area (Å²) in [6.07, 6.45) is 4.46. The average molecular weight is 352 g/mol. The highest BCUT2D eigenvalue weighted by molar-refractivity contribution is 5.54. The molecule has 2 heterocycles. The minimum Gasteiger partial charge on any atom is -0.390 e. The van der Waals surface area contributed by atoms with Crippen LogP contribution in [0, 0.1) is 17.0 Å². The zero-order chi connectivity index (χ0) is 18.3. The largest absolute Gasteiger partial charge is 0.390 e. The van der Waals surface area contributed by atoms with Crippen LogP contribution in [0.1, 0.15) is 22.9 Å². The second kappa shape index (κ2) is 6.19. The molecule has 1 aromatic carbocycles. The molecule has 0 radical (unpaired) electrons. The van der Waals surface area contributed by atoms with Gasteiger partial charge in [0.1, 0.15) is 12.0 Å². The van der Waals surface area contributed by atoms with E-state index >= 15 is 0 Å². The van der Waals surface area contributed by atoms with E-state index in [2.05, 4.69) is 20.3 Å². The van der Waals surface area contributed by atoms with Crippen molar-refractivity contribution in [2.75, 3.05) is 5.32 Å². The van der Waals surface area contributed by atoms with E-state index in [0.717, 1.165) is 11.1 Å². The molecule has 4 rings (SSSR count). The lowest BCUT2D eigenvalue weighted by atomic mass is 10.1. The summed E-state index contributed by atoms with van der Waals surface area (Å²) >= 11 is 0. The number of imidazole rings is 1. The topological polar surface area (TPSA) is 119 Å². The van der Waals surface area contributed by atoms with Crippen molar-refractivity contribution in [2.45, 2.75) is 25.5 Å². The molecule has 132 valence electrons. The molecular weight excluding hydrogens is 336 g/mol. The number of aliphatic hydroxyl groups is 1. The standard InChI is InChI=1S/C17H16N6O3/c1-10-15(23(25)26)16(22-7-6-18-9-22)21-17(19-10)20-14-12-5-3-2-4-11(12)8-13(14)24/h2-7,9,13-14,24H,8H2,1H3,(H,19,20,21)/t13-,14+/m0/s1. The maximum absolute atomic E-state index is 11.4. The lowest BCUT2D eigenvalue weighted by molar-refractivity contribution is -0.385. The molecule has 9 nitrogen and oxygen atoms in total. The third-order valence-electron chi connectivity index (χ3n) is 4.46. The molecule has 0 spiro atoms. The van der Waals surface area contributed by atoms with Gasteiger partial charge >= 0.3 is 5.69 Å². The first kappa shape index (κ1) is 16.2. The van der Waals surface area contributed by atoms with Crippen LogP contribution in [0.25, 0.3) is 5.82 Å². The van der Waals surface area contributed by atoms with Gasteiger partial charge < -0.3 is 10.4 Å². The molecule has 9 heteroatoms. The van der Waals surface area contributed by atoms with Crippen molar-refractivity contribution in [1.29, 1.82) is 0 Å². The van der Waals surface area contributed by atoms with E-state index in [1.54, 1.807) is 13.1 Å². The number of nitro groups is 1. The number of nitrogens with one attached hydrogen (secondary N) is 1. The highest BCUT2D eigenvalue weighted by Crippen LogP contribution is 2.34. The Labute approximate surface area is 148 Å². The molecule has 3 aromatic rings. The first-order valence-corrected chi connectivity index (χ1v) is 8.08. The number of rotatable bonds is 4. The average Bonchev–Trinajstić information content (AvgIpc) is 3.23. The zero-order valence-electron chi connectivity index (χ0n) is 13.9. The third-order valence-corrected chi connectivity index (χ3v) is 4.46. The van der Waals surface area contributed by atoms with E-state index in [4.69, 9.17) is 0 Å². The van der Waals surface area contributed by atoms with Crippen molar-refractivity contribution in [2.24, 2.45) is 0 Å². The second-order valence-electron chi connectivity index (χ2n) is 6.12. The Morgan fingerprint density at radius 2 is 2.15 bits per heavy atom. The lowest BCUT2D eigenvalue weighted by Crippen LogP contribution is -2.23. The maximum atomic E-state index is 11.4. The summed E-state index contributed by atoms with van der Waals surface area (Å²) in [6.45, 7) is 1.56. The monoisotopic (exact) mass is 352 g/mol. The minimum absolute atomic E-state index is 0.128. The Hall–Kier alpha value is -3.33. The van der Waals surface area contributed by atoms with Crippen LogP contribution in [-0.4, -0.2) is 35.7 Å². The molecule has 2 aromatic heterocycles. The fraction of sp³-hybridized carbons (Fsp3) is 0.235. The van der Waals surface area contributed by atoms with Crippen LogP contribution in [0.4, 0.5) is 11.6 Å². The molecule has 0 saturated carbocycles. The molecule has 26 heavy (non-hydrogen) atoms. The molecule has 2 atom stereocenters. The van der Waals surface area contributed by atoms with Crippen LogP contribution in [0.2, 0.25) is 0 Å². The Morgan fingerprint density at radius 3 is 2.88 bits per heavy atom. The molecule has 2 N–H and O–H groups in total. The number of benzene rings is 1. The summed E-state index contributed by atoms with van der Waals surface area (Å²) in [5, 5.41) is 25.0. The van der Waals surface area contributed by atoms with Crippen LogP contribution in [0.15, 0.2) is 43.0 Å². The molecule has 0 aliphatic heterocycles. The summed E-state index contributed by atoms with van der Waals surface area (Å²) in [7, 11) is 0. The Bertz CT molecular complexity index is 973. The van der Waals surface area contributed by atoms with Crippen LogP contribution in [-0.2, 0) is 6.42 Å². The molecule has 1 aliphatic carbocycles. The van der Waals surface area contributed by atoms with Gasteiger partial charge in [0.25, 0.3) is 0 Å². The number of aromatic nitrogens is 4. The van der Waals surface area contributed by atoms with Crippen molar-refractivity contribution in [3.63, 3.8) is 0 Å². The minimum atomic E-state index is -0.622. The van der Waals surface area contributed by atoms with E-state index < -0.39 is 11.0 Å². The van der Waals surface area contributed by atoms with Crippen molar-refractivity contribution in [1.82, 2.24) is 19.5 Å². The molecule has 0 fully saturated rings. The Balaban J connectivity index is 1.75. The number of hydrogen-bond donors (Lipinski definition) is 2. The van der Waals surface area contributed by atoms with Gasteiger partial charge in [-0.05, 0) is 18.1 Å². The van der Waals surface area contributed by atoms with Gasteiger partial charge in [0.05, 0.1) is 17.1 Å². The maximum Gasteiger partial charge on any atom is 0.333 e. The quantitative estimate of drug-likeness (QED) is 0.544. The van der Waals surface area contributed by atoms with Crippen molar-refractivity contribution < 1.29 is 10.0 Å². The number of anilines is 1. The van der Waals surface area contributed by atoms with Crippen LogP contribution >= 0.6 is 0 Å². The van der Waals surface area contributed by atoms with Gasteiger partial charge in [-0.15, -0.1) is 0 Å². The summed E-state index contributed by atoms with van der Waals surface area (Å²) < 4.78 is 1.47. The van der Waals surface area contributed by atoms with E-state index in [9.17, 15) is 15.2 Å². The van der Waals surface area contributed by atoms with Gasteiger partial charge in [-0.1, -0.05) is 24.3 Å². The summed E-state index contributed by atoms with van der Waals surface area (Å²) in [5.41, 5.74) is 2.09. The van der Waals surface area contributed by atoms with Gasteiger partial charge in [0.2, 0.25) is 11.8 Å². The molecule has 0 amide bonds. The first-order chi connectivity index (χ1) is 12.5. The molecule has 1 aliphatic rings. The number of aliphatic hydroxyl groups excluding tert-OH is 1. The third kappa shape index (κ3) is 2.68. The molecule has 0 saturated heterocycles. The number of aryl methyl sites for hydroxylation is 1. The lowest BCUT2D eigenvalue weighted by Gasteiger charge is -2.18. The molecular formula is C17H16N6O3. The van der Waals surface area contributed by atoms with Gasteiger partial charge in [-0.3, -0.25) is 14.7 Å². The SMILES string of the molecule is Cc1nc(N[C@@H]2c3ccccc3C[C@@H]2O)nc(-n2ccnc2)c1[N+](=O)[O-]. The highest BCUT2D eigenvalue weighted by atomic mass is 16.6. The normalized spacial score (nSPS) is 18.5. The predicted octanol–water partition coefficient (Wildman–Crippen LogP) is 1.95. The Morgan fingerprint density at radius 1 is 1.35 bits per heavy atom. The summed E-state index contributed by atoms with van der Waals surface area (Å²) in [6, 6.07) is 7.38. The highest BCUT2D eigenvalue weighted by Gasteiger charge is 2.32. The van der Waals surface area contributed by atoms with Crippen LogP contribution in [0.3, 0.4) is 0 Å². The molecule has 0 bridgehead atoms. The first-order valence-electron chi connectivity index (χ1n) is 8.08. The predicted molar refractivity (Wildman–Crippen MR) is 93.1 cm³/mol.